The molecule has 0 unspecified atom stereocenters. The van der Waals surface area contributed by atoms with Gasteiger partial charge in [-0.15, -0.1) is 0 Å². The lowest BCUT2D eigenvalue weighted by Gasteiger charge is -2.34. The first-order valence-electron chi connectivity index (χ1n) is 13.1. The minimum Gasteiger partial charge on any atom is -0.452 e. The summed E-state index contributed by atoms with van der Waals surface area (Å²) in [6.07, 6.45) is 0.291. The Morgan fingerprint density at radius 2 is 1.65 bits per heavy atom. The second-order valence-corrected chi connectivity index (χ2v) is 12.2. The molecule has 0 aliphatic rings. The molecular weight excluding hydrogens is 558 g/mol. The molecule has 3 atom stereocenters. The number of methoxy groups -OCH3 is 1. The van der Waals surface area contributed by atoms with Crippen molar-refractivity contribution in [1.29, 1.82) is 0 Å². The van der Waals surface area contributed by atoms with E-state index in [4.69, 9.17) is 22.1 Å². The van der Waals surface area contributed by atoms with E-state index in [2.05, 4.69) is 0 Å². The van der Waals surface area contributed by atoms with Gasteiger partial charge in [-0.25, -0.2) is 18.1 Å². The molecule has 0 aliphatic heterocycles. The van der Waals surface area contributed by atoms with Crippen LogP contribution in [0.4, 0.5) is 4.79 Å². The maximum absolute atomic E-state index is 13.5. The van der Waals surface area contributed by atoms with E-state index in [1.165, 1.54) is 35.7 Å². The molecule has 0 fully saturated rings. The number of hydrogen-bond donors (Lipinski definition) is 3. The van der Waals surface area contributed by atoms with E-state index in [0.29, 0.717) is 29.0 Å². The summed E-state index contributed by atoms with van der Waals surface area (Å²) in [5, 5.41) is 19.9. The van der Waals surface area contributed by atoms with Crippen molar-refractivity contribution in [3.8, 4) is 0 Å². The van der Waals surface area contributed by atoms with Crippen LogP contribution < -0.4 is 5.73 Å². The Hall–Kier alpha value is -2.54. The molecule has 2 aromatic rings. The Bertz CT molecular complexity index is 1220. The fourth-order valence-corrected chi connectivity index (χ4v) is 6.67. The third-order valence-electron chi connectivity index (χ3n) is 6.68. The van der Waals surface area contributed by atoms with Crippen LogP contribution in [0.1, 0.15) is 51.2 Å². The first-order valence-corrected chi connectivity index (χ1v) is 14.9. The predicted molar refractivity (Wildman–Crippen MR) is 153 cm³/mol. The smallest absolute Gasteiger partial charge is 0.416 e. The van der Waals surface area contributed by atoms with Crippen molar-refractivity contribution in [1.82, 2.24) is 9.21 Å². The van der Waals surface area contributed by atoms with Gasteiger partial charge in [-0.1, -0.05) is 41.9 Å². The molecular formula is C28H40ClN3O7S. The van der Waals surface area contributed by atoms with Crippen molar-refractivity contribution in [2.45, 2.75) is 82.1 Å². The summed E-state index contributed by atoms with van der Waals surface area (Å²) in [7, 11) is -2.78. The molecule has 0 spiro atoms. The lowest BCUT2D eigenvalue weighted by molar-refractivity contribution is -0.132. The number of amides is 2. The zero-order valence-electron chi connectivity index (χ0n) is 23.4. The molecule has 0 aliphatic carbocycles. The normalized spacial score (nSPS) is 14.2. The van der Waals surface area contributed by atoms with Crippen molar-refractivity contribution in [3.05, 3.63) is 64.7 Å². The molecule has 0 aromatic heterocycles. The largest absolute Gasteiger partial charge is 0.452 e. The van der Waals surface area contributed by atoms with Crippen molar-refractivity contribution in [2.75, 3.05) is 13.7 Å². The van der Waals surface area contributed by atoms with Gasteiger partial charge in [0.05, 0.1) is 31.3 Å². The zero-order chi connectivity index (χ0) is 30.0. The second-order valence-electron chi connectivity index (χ2n) is 9.93. The standard InChI is InChI=1S/C28H40ClN3O7S/c1-19(2)32(40(37,38)24-14-12-21(17-33)13-15-24)23(18-34)10-7-8-20(3)31(28(36)39-4)27(35)26(30)16-22-9-5-6-11-25(22)29/h5-6,9,11-15,19-20,23,26,33-34H,7-8,10,16-18,30H2,1-4H3/t20-,23-,26-/m0/s1. The maximum atomic E-state index is 13.5. The number of nitrogens with zero attached hydrogens (tertiary/aromatic N) is 2. The third kappa shape index (κ3) is 8.48. The minimum atomic E-state index is -3.95. The van der Waals surface area contributed by atoms with Gasteiger partial charge >= 0.3 is 6.09 Å². The van der Waals surface area contributed by atoms with Gasteiger partial charge in [0, 0.05) is 23.1 Å². The van der Waals surface area contributed by atoms with Gasteiger partial charge in [0.2, 0.25) is 15.9 Å². The van der Waals surface area contributed by atoms with Gasteiger partial charge in [0.1, 0.15) is 0 Å². The molecule has 0 bridgehead atoms. The Balaban J connectivity index is 2.14. The Morgan fingerprint density at radius 3 is 2.17 bits per heavy atom. The molecule has 2 amide bonds. The van der Waals surface area contributed by atoms with Crippen LogP contribution in [0.5, 0.6) is 0 Å². The first-order chi connectivity index (χ1) is 18.9. The summed E-state index contributed by atoms with van der Waals surface area (Å²) in [5.74, 6) is -0.615. The van der Waals surface area contributed by atoms with E-state index in [1.807, 2.05) is 0 Å². The molecule has 2 aromatic carbocycles. The highest BCUT2D eigenvalue weighted by Gasteiger charge is 2.35. The topological polar surface area (TPSA) is 150 Å². The van der Waals surface area contributed by atoms with Crippen molar-refractivity contribution in [3.63, 3.8) is 0 Å². The van der Waals surface area contributed by atoms with Crippen LogP contribution in [0.15, 0.2) is 53.4 Å². The highest BCUT2D eigenvalue weighted by atomic mass is 35.5. The van der Waals surface area contributed by atoms with Crippen LogP contribution >= 0.6 is 11.6 Å². The van der Waals surface area contributed by atoms with Crippen LogP contribution in [0.3, 0.4) is 0 Å². The number of aliphatic hydroxyl groups is 2. The van der Waals surface area contributed by atoms with Gasteiger partial charge in [-0.2, -0.15) is 4.31 Å². The lowest BCUT2D eigenvalue weighted by Crippen LogP contribution is -2.51. The average molecular weight is 598 g/mol. The minimum absolute atomic E-state index is 0.0557. The van der Waals surface area contributed by atoms with E-state index < -0.39 is 52.8 Å². The highest BCUT2D eigenvalue weighted by Crippen LogP contribution is 2.25. The van der Waals surface area contributed by atoms with E-state index in [9.17, 15) is 28.2 Å². The van der Waals surface area contributed by atoms with E-state index in [0.717, 1.165) is 4.90 Å². The molecule has 2 rings (SSSR count). The van der Waals surface area contributed by atoms with Gasteiger partial charge < -0.3 is 20.7 Å². The summed E-state index contributed by atoms with van der Waals surface area (Å²) >= 11 is 6.20. The summed E-state index contributed by atoms with van der Waals surface area (Å²) in [4.78, 5) is 26.8. The fourth-order valence-electron chi connectivity index (χ4n) is 4.61. The van der Waals surface area contributed by atoms with Crippen molar-refractivity contribution >= 4 is 33.6 Å². The SMILES string of the molecule is COC(=O)N(C(=O)[C@@H](N)Cc1ccccc1Cl)[C@@H](C)CCC[C@@H](CO)N(C(C)C)S(=O)(=O)c1ccc(CO)cc1. The van der Waals surface area contributed by atoms with E-state index in [-0.39, 0.29) is 24.3 Å². The van der Waals surface area contributed by atoms with Crippen LogP contribution in [-0.4, -0.2) is 77.7 Å². The number of halogens is 1. The van der Waals surface area contributed by atoms with Gasteiger partial charge in [0.25, 0.3) is 0 Å². The van der Waals surface area contributed by atoms with E-state index >= 15 is 0 Å². The Labute approximate surface area is 241 Å². The number of imide groups is 1. The quantitative estimate of drug-likeness (QED) is 0.300. The molecule has 4 N–H and O–H groups in total. The molecule has 12 heteroatoms. The molecule has 0 saturated carbocycles. The van der Waals surface area contributed by atoms with Crippen LogP contribution in [0.25, 0.3) is 0 Å². The summed E-state index contributed by atoms with van der Waals surface area (Å²) < 4.78 is 33.0. The molecule has 222 valence electrons. The molecule has 0 radical (unpaired) electrons. The lowest BCUT2D eigenvalue weighted by atomic mass is 10.0. The Kier molecular flexibility index (Phi) is 13.0. The third-order valence-corrected chi connectivity index (χ3v) is 9.20. The summed E-state index contributed by atoms with van der Waals surface area (Å²) in [6.45, 7) is 4.52. The second kappa shape index (κ2) is 15.5. The number of ether oxygens (including phenoxy) is 1. The first kappa shape index (κ1) is 33.7. The van der Waals surface area contributed by atoms with Crippen LogP contribution in [0, 0.1) is 0 Å². The Morgan fingerprint density at radius 1 is 1.02 bits per heavy atom. The van der Waals surface area contributed by atoms with Crippen molar-refractivity contribution < 1.29 is 33.0 Å². The average Bonchev–Trinajstić information content (AvgIpc) is 2.93. The van der Waals surface area contributed by atoms with Crippen LogP contribution in [0.2, 0.25) is 5.02 Å². The predicted octanol–water partition coefficient (Wildman–Crippen LogP) is 3.32. The zero-order valence-corrected chi connectivity index (χ0v) is 24.9. The number of aliphatic hydroxyl groups excluding tert-OH is 2. The van der Waals surface area contributed by atoms with Crippen LogP contribution in [-0.2, 0) is 32.6 Å². The number of nitrogens with two attached hydrogens (primary N) is 1. The van der Waals surface area contributed by atoms with Crippen molar-refractivity contribution in [2.24, 2.45) is 5.73 Å². The number of sulfonamides is 1. The number of benzene rings is 2. The number of hydrogen-bond acceptors (Lipinski definition) is 8. The molecule has 10 nitrogen and oxygen atoms in total. The van der Waals surface area contributed by atoms with Gasteiger partial charge in [0.15, 0.2) is 0 Å². The van der Waals surface area contributed by atoms with Gasteiger partial charge in [-0.05, 0) is 75.8 Å². The highest BCUT2D eigenvalue weighted by molar-refractivity contribution is 7.89. The maximum Gasteiger partial charge on any atom is 0.416 e. The molecule has 40 heavy (non-hydrogen) atoms. The monoisotopic (exact) mass is 597 g/mol. The number of carbonyl (C=O) groups is 2. The van der Waals surface area contributed by atoms with E-state index in [1.54, 1.807) is 45.0 Å². The summed E-state index contributed by atoms with van der Waals surface area (Å²) in [6, 6.07) is 10.1. The molecule has 0 saturated heterocycles. The number of carbonyl (C=O) groups excluding carboxylic acids is 2. The number of rotatable bonds is 14. The van der Waals surface area contributed by atoms with Gasteiger partial charge in [-0.3, -0.25) is 4.79 Å². The summed E-state index contributed by atoms with van der Waals surface area (Å²) in [5.41, 5.74) is 7.42. The fraction of sp³-hybridized carbons (Fsp3) is 0.500. The molecule has 0 heterocycles.